The molecule has 10 nitrogen and oxygen atoms in total. The summed E-state index contributed by atoms with van der Waals surface area (Å²) in [6.07, 6.45) is 2.89. The largest absolute Gasteiger partial charge is 0.476 e. The first-order valence-corrected chi connectivity index (χ1v) is 12.4. The lowest BCUT2D eigenvalue weighted by atomic mass is 10.2. The summed E-state index contributed by atoms with van der Waals surface area (Å²) >= 11 is 1.59. The van der Waals surface area contributed by atoms with Crippen molar-refractivity contribution in [2.24, 2.45) is 0 Å². The summed E-state index contributed by atoms with van der Waals surface area (Å²) < 4.78 is 26.0. The molecule has 2 aromatic heterocycles. The van der Waals surface area contributed by atoms with Crippen LogP contribution in [-0.2, 0) is 14.2 Å². The summed E-state index contributed by atoms with van der Waals surface area (Å²) in [5, 5.41) is 18.7. The number of unbranched alkanes of at least 4 members (excludes halogenated alkanes) is 1. The maximum Gasteiger partial charge on any atom is 0.248 e. The van der Waals surface area contributed by atoms with Gasteiger partial charge >= 0.3 is 0 Å². The van der Waals surface area contributed by atoms with Crippen molar-refractivity contribution in [2.75, 3.05) is 25.6 Å². The predicted molar refractivity (Wildman–Crippen MR) is 119 cm³/mol. The average Bonchev–Trinajstić information content (AvgIpc) is 3.41. The third kappa shape index (κ3) is 4.86. The zero-order valence-electron chi connectivity index (χ0n) is 19.2. The monoisotopic (exact) mass is 467 g/mol. The van der Waals surface area contributed by atoms with Crippen LogP contribution in [0, 0.1) is 0 Å². The fraction of sp³-hybridized carbons (Fsp3) is 0.810. The van der Waals surface area contributed by atoms with E-state index in [1.54, 1.807) is 11.8 Å². The molecule has 0 spiro atoms. The Morgan fingerprint density at radius 2 is 1.97 bits per heavy atom. The van der Waals surface area contributed by atoms with Gasteiger partial charge in [-0.2, -0.15) is 4.98 Å². The van der Waals surface area contributed by atoms with Gasteiger partial charge in [0.05, 0.1) is 32.0 Å². The van der Waals surface area contributed by atoms with Crippen molar-refractivity contribution in [2.45, 2.75) is 88.7 Å². The molecule has 2 aliphatic rings. The highest BCUT2D eigenvalue weighted by Crippen LogP contribution is 2.45. The van der Waals surface area contributed by atoms with Gasteiger partial charge in [0, 0.05) is 12.2 Å². The molecule has 0 aromatic carbocycles. The molecule has 1 saturated carbocycles. The minimum Gasteiger partial charge on any atom is -0.476 e. The first-order chi connectivity index (χ1) is 15.5. The van der Waals surface area contributed by atoms with Crippen molar-refractivity contribution in [3.8, 4) is 5.88 Å². The maximum atomic E-state index is 9.22. The zero-order valence-corrected chi connectivity index (χ0v) is 20.0. The Hall–Kier alpha value is -1.53. The van der Waals surface area contributed by atoms with Gasteiger partial charge in [0.1, 0.15) is 12.2 Å². The van der Waals surface area contributed by atoms with Gasteiger partial charge in [-0.1, -0.05) is 37.2 Å². The molecule has 4 rings (SSSR count). The summed E-state index contributed by atoms with van der Waals surface area (Å²) in [6.45, 7) is 8.81. The fourth-order valence-corrected chi connectivity index (χ4v) is 4.88. The van der Waals surface area contributed by atoms with Crippen LogP contribution in [0.2, 0.25) is 0 Å². The first-order valence-electron chi connectivity index (χ1n) is 11.4. The minimum atomic E-state index is -0.725. The molecule has 178 valence electrons. The van der Waals surface area contributed by atoms with Gasteiger partial charge in [-0.25, -0.2) is 9.67 Å². The minimum absolute atomic E-state index is 0.0429. The van der Waals surface area contributed by atoms with Gasteiger partial charge in [-0.3, -0.25) is 0 Å². The molecule has 4 atom stereocenters. The number of thioether (sulfide) groups is 1. The van der Waals surface area contributed by atoms with Crippen molar-refractivity contribution in [1.29, 1.82) is 0 Å². The summed E-state index contributed by atoms with van der Waals surface area (Å²) in [7, 11) is 0. The van der Waals surface area contributed by atoms with Gasteiger partial charge in [0.2, 0.25) is 5.88 Å². The number of aliphatic hydroxyl groups is 1. The van der Waals surface area contributed by atoms with Crippen LogP contribution in [0.15, 0.2) is 5.16 Å². The van der Waals surface area contributed by atoms with E-state index in [2.05, 4.69) is 29.1 Å². The van der Waals surface area contributed by atoms with Gasteiger partial charge in [-0.15, -0.1) is 5.10 Å². The van der Waals surface area contributed by atoms with E-state index in [4.69, 9.17) is 23.9 Å². The normalized spacial score (nSPS) is 26.7. The maximum absolute atomic E-state index is 9.22. The predicted octanol–water partition coefficient (Wildman–Crippen LogP) is 2.74. The van der Waals surface area contributed by atoms with Crippen LogP contribution >= 0.6 is 11.8 Å². The first kappa shape index (κ1) is 23.6. The van der Waals surface area contributed by atoms with Gasteiger partial charge in [-0.05, 0) is 26.7 Å². The Labute approximate surface area is 192 Å². The number of aliphatic hydroxyl groups excluding tert-OH is 1. The zero-order chi connectivity index (χ0) is 22.7. The molecule has 11 heteroatoms. The molecule has 1 aliphatic heterocycles. The lowest BCUT2D eigenvalue weighted by Crippen LogP contribution is -2.31. The lowest BCUT2D eigenvalue weighted by Gasteiger charge is -2.23. The quantitative estimate of drug-likeness (QED) is 0.300. The molecule has 2 aromatic rings. The molecule has 0 bridgehead atoms. The van der Waals surface area contributed by atoms with E-state index in [0.29, 0.717) is 35.2 Å². The van der Waals surface area contributed by atoms with E-state index in [1.807, 2.05) is 18.5 Å². The number of hydrogen-bond acceptors (Lipinski definition) is 10. The molecule has 1 saturated heterocycles. The Balaban J connectivity index is 1.69. The topological polar surface area (TPSA) is 114 Å². The Bertz CT molecular complexity index is 910. The van der Waals surface area contributed by atoms with E-state index in [-0.39, 0.29) is 37.6 Å². The van der Waals surface area contributed by atoms with Crippen LogP contribution in [0.1, 0.15) is 59.4 Å². The second kappa shape index (κ2) is 10.2. The lowest BCUT2D eigenvalue weighted by molar-refractivity contribution is -0.171. The van der Waals surface area contributed by atoms with Crippen LogP contribution in [0.5, 0.6) is 5.88 Å². The Morgan fingerprint density at radius 1 is 1.16 bits per heavy atom. The third-order valence-corrected chi connectivity index (χ3v) is 6.62. The number of aromatic nitrogens is 5. The highest BCUT2D eigenvalue weighted by Gasteiger charge is 2.56. The van der Waals surface area contributed by atoms with Crippen molar-refractivity contribution < 1.29 is 24.1 Å². The number of hydrogen-bond donors (Lipinski definition) is 1. The highest BCUT2D eigenvalue weighted by molar-refractivity contribution is 7.99. The molecule has 2 fully saturated rings. The molecule has 0 radical (unpaired) electrons. The van der Waals surface area contributed by atoms with Crippen LogP contribution in [0.3, 0.4) is 0 Å². The van der Waals surface area contributed by atoms with Crippen LogP contribution in [-0.4, -0.2) is 79.7 Å². The third-order valence-electron chi connectivity index (χ3n) is 5.56. The molecular weight excluding hydrogens is 434 g/mol. The Morgan fingerprint density at radius 3 is 2.72 bits per heavy atom. The van der Waals surface area contributed by atoms with Crippen molar-refractivity contribution in [3.05, 3.63) is 0 Å². The molecule has 1 aliphatic carbocycles. The van der Waals surface area contributed by atoms with Crippen molar-refractivity contribution in [1.82, 2.24) is 25.0 Å². The van der Waals surface area contributed by atoms with E-state index >= 15 is 0 Å². The standard InChI is InChI=1S/C21H33N5O5S/c1-5-7-9-29-19-15-18(22-20(23-19)32-11-6-2)26(25-24-15)13-12-14(28-10-8-27)17-16(13)30-21(3,4)31-17/h13-14,16-17,27H,5-12H2,1-4H3/t13-,14+,16+,17-/m1/s1. The average molecular weight is 468 g/mol. The molecule has 0 amide bonds. The fourth-order valence-electron chi connectivity index (χ4n) is 4.20. The molecule has 0 unspecified atom stereocenters. The van der Waals surface area contributed by atoms with E-state index in [1.165, 1.54) is 0 Å². The van der Waals surface area contributed by atoms with Gasteiger partial charge in [0.25, 0.3) is 0 Å². The molecule has 32 heavy (non-hydrogen) atoms. The second-order valence-electron chi connectivity index (χ2n) is 8.57. The van der Waals surface area contributed by atoms with Crippen molar-refractivity contribution >= 4 is 22.9 Å². The smallest absolute Gasteiger partial charge is 0.248 e. The van der Waals surface area contributed by atoms with Gasteiger partial charge in [0.15, 0.2) is 22.1 Å². The van der Waals surface area contributed by atoms with Crippen molar-refractivity contribution in [3.63, 3.8) is 0 Å². The molecular formula is C21H33N5O5S. The highest BCUT2D eigenvalue weighted by atomic mass is 32.2. The van der Waals surface area contributed by atoms with Gasteiger partial charge < -0.3 is 24.1 Å². The van der Waals surface area contributed by atoms with Crippen LogP contribution < -0.4 is 4.74 Å². The second-order valence-corrected chi connectivity index (χ2v) is 9.63. The summed E-state index contributed by atoms with van der Waals surface area (Å²) in [5.74, 6) is 0.661. The summed E-state index contributed by atoms with van der Waals surface area (Å²) in [5.41, 5.74) is 1.18. The number of rotatable bonds is 11. The van der Waals surface area contributed by atoms with Crippen LogP contribution in [0.25, 0.3) is 11.2 Å². The number of fused-ring (bicyclic) bond motifs is 2. The van der Waals surface area contributed by atoms with Crippen LogP contribution in [0.4, 0.5) is 0 Å². The summed E-state index contributed by atoms with van der Waals surface area (Å²) in [6, 6.07) is -0.169. The summed E-state index contributed by atoms with van der Waals surface area (Å²) in [4.78, 5) is 9.38. The number of ether oxygens (including phenoxy) is 4. The van der Waals surface area contributed by atoms with E-state index < -0.39 is 5.79 Å². The van der Waals surface area contributed by atoms with E-state index in [0.717, 1.165) is 25.0 Å². The number of nitrogens with zero attached hydrogens (tertiary/aromatic N) is 5. The Kier molecular flexibility index (Phi) is 7.51. The molecule has 3 heterocycles. The van der Waals surface area contributed by atoms with E-state index in [9.17, 15) is 5.11 Å². The molecule has 1 N–H and O–H groups in total. The SMILES string of the molecule is CCCCOc1nc(SCCC)nc2c1nnn2[C@@H]1C[C@H](OCCO)[C@H]2OC(C)(C)O[C@H]21.